The first-order valence-electron chi connectivity index (χ1n) is 7.41. The number of hydrogen-bond acceptors (Lipinski definition) is 5. The SMILES string of the molecule is CNc1ccc(/C=C(\C#N)C(=O)Nc2ccccc2C)cc1[N+](=O)[O-]. The van der Waals surface area contributed by atoms with Gasteiger partial charge in [0.05, 0.1) is 4.92 Å². The molecule has 2 N–H and O–H groups in total. The number of benzene rings is 2. The van der Waals surface area contributed by atoms with E-state index >= 15 is 0 Å². The second-order valence-electron chi connectivity index (χ2n) is 5.22. The fraction of sp³-hybridized carbons (Fsp3) is 0.111. The predicted octanol–water partition coefficient (Wildman–Crippen LogP) is 3.49. The minimum absolute atomic E-state index is 0.132. The molecule has 7 heteroatoms. The Hall–Kier alpha value is -3.66. The van der Waals surface area contributed by atoms with Crippen molar-refractivity contribution in [2.24, 2.45) is 0 Å². The molecule has 126 valence electrons. The van der Waals surface area contributed by atoms with E-state index in [0.29, 0.717) is 16.9 Å². The molecule has 0 aromatic heterocycles. The molecule has 0 radical (unpaired) electrons. The summed E-state index contributed by atoms with van der Waals surface area (Å²) in [5.74, 6) is -0.572. The van der Waals surface area contributed by atoms with Crippen LogP contribution in [0.5, 0.6) is 0 Å². The van der Waals surface area contributed by atoms with E-state index in [1.165, 1.54) is 18.2 Å². The van der Waals surface area contributed by atoms with Gasteiger partial charge in [-0.3, -0.25) is 14.9 Å². The molecule has 0 unspecified atom stereocenters. The van der Waals surface area contributed by atoms with E-state index in [-0.39, 0.29) is 11.3 Å². The molecule has 0 saturated heterocycles. The Kier molecular flexibility index (Phi) is 5.48. The summed E-state index contributed by atoms with van der Waals surface area (Å²) in [6.45, 7) is 1.84. The van der Waals surface area contributed by atoms with Gasteiger partial charge in [0.1, 0.15) is 17.3 Å². The Morgan fingerprint density at radius 2 is 1.96 bits per heavy atom. The number of hydrogen-bond donors (Lipinski definition) is 2. The zero-order valence-electron chi connectivity index (χ0n) is 13.7. The summed E-state index contributed by atoms with van der Waals surface area (Å²) in [6.07, 6.45) is 1.32. The Morgan fingerprint density at radius 1 is 1.24 bits per heavy atom. The third kappa shape index (κ3) is 4.20. The number of carbonyl (C=O) groups is 1. The summed E-state index contributed by atoms with van der Waals surface area (Å²) in [5, 5.41) is 25.8. The van der Waals surface area contributed by atoms with Gasteiger partial charge >= 0.3 is 0 Å². The van der Waals surface area contributed by atoms with Crippen LogP contribution in [-0.4, -0.2) is 17.9 Å². The number of nitro benzene ring substituents is 1. The van der Waals surface area contributed by atoms with E-state index in [0.717, 1.165) is 5.56 Å². The molecule has 0 saturated carbocycles. The minimum Gasteiger partial charge on any atom is -0.383 e. The van der Waals surface area contributed by atoms with Crippen molar-refractivity contribution in [3.63, 3.8) is 0 Å². The van der Waals surface area contributed by atoms with Gasteiger partial charge in [-0.1, -0.05) is 24.3 Å². The average molecular weight is 336 g/mol. The van der Waals surface area contributed by atoms with Gasteiger partial charge in [-0.2, -0.15) is 5.26 Å². The number of nitriles is 1. The van der Waals surface area contributed by atoms with Crippen LogP contribution in [-0.2, 0) is 4.79 Å². The van der Waals surface area contributed by atoms with Crippen molar-refractivity contribution in [3.05, 3.63) is 69.3 Å². The summed E-state index contributed by atoms with van der Waals surface area (Å²) in [4.78, 5) is 22.9. The summed E-state index contributed by atoms with van der Waals surface area (Å²) in [5.41, 5.74) is 1.93. The van der Waals surface area contributed by atoms with E-state index in [1.807, 2.05) is 25.1 Å². The zero-order valence-corrected chi connectivity index (χ0v) is 13.7. The third-order valence-corrected chi connectivity index (χ3v) is 3.56. The van der Waals surface area contributed by atoms with Crippen LogP contribution in [0.3, 0.4) is 0 Å². The zero-order chi connectivity index (χ0) is 18.4. The Balaban J connectivity index is 2.33. The van der Waals surface area contributed by atoms with Crippen LogP contribution in [0, 0.1) is 28.4 Å². The van der Waals surface area contributed by atoms with Crippen molar-refractivity contribution in [1.82, 2.24) is 0 Å². The van der Waals surface area contributed by atoms with Gasteiger partial charge in [0.15, 0.2) is 0 Å². The van der Waals surface area contributed by atoms with Gasteiger partial charge in [-0.05, 0) is 36.3 Å². The van der Waals surface area contributed by atoms with Gasteiger partial charge < -0.3 is 10.6 Å². The number of carbonyl (C=O) groups excluding carboxylic acids is 1. The van der Waals surface area contributed by atoms with Crippen LogP contribution in [0.1, 0.15) is 11.1 Å². The maximum absolute atomic E-state index is 12.3. The Morgan fingerprint density at radius 3 is 2.56 bits per heavy atom. The second kappa shape index (κ2) is 7.75. The molecule has 0 fully saturated rings. The molecule has 0 spiro atoms. The number of rotatable bonds is 5. The summed E-state index contributed by atoms with van der Waals surface area (Å²) >= 11 is 0. The maximum atomic E-state index is 12.3. The van der Waals surface area contributed by atoms with Crippen LogP contribution in [0.4, 0.5) is 17.1 Å². The molecule has 2 aromatic rings. The van der Waals surface area contributed by atoms with E-state index in [9.17, 15) is 20.2 Å². The summed E-state index contributed by atoms with van der Waals surface area (Å²) in [7, 11) is 1.58. The Labute approximate surface area is 144 Å². The first kappa shape index (κ1) is 17.7. The highest BCUT2D eigenvalue weighted by Gasteiger charge is 2.15. The van der Waals surface area contributed by atoms with Gasteiger partial charge in [0, 0.05) is 18.8 Å². The molecule has 0 aliphatic rings. The number of amides is 1. The standard InChI is InChI=1S/C18H16N4O3/c1-12-5-3-4-6-15(12)21-18(23)14(11-19)9-13-7-8-16(20-2)17(10-13)22(24)25/h3-10,20H,1-2H3,(H,21,23)/b14-9+. The van der Waals surface area contributed by atoms with Crippen molar-refractivity contribution in [1.29, 1.82) is 5.26 Å². The number of anilines is 2. The molecule has 0 bridgehead atoms. The highest BCUT2D eigenvalue weighted by molar-refractivity contribution is 6.10. The van der Waals surface area contributed by atoms with Crippen LogP contribution >= 0.6 is 0 Å². The van der Waals surface area contributed by atoms with Crippen LogP contribution in [0.15, 0.2) is 48.0 Å². The third-order valence-electron chi connectivity index (χ3n) is 3.56. The summed E-state index contributed by atoms with van der Waals surface area (Å²) in [6, 6.07) is 13.4. The van der Waals surface area contributed by atoms with Gasteiger partial charge in [-0.25, -0.2) is 0 Å². The quantitative estimate of drug-likeness (QED) is 0.376. The van der Waals surface area contributed by atoms with Gasteiger partial charge in [0.25, 0.3) is 11.6 Å². The fourth-order valence-electron chi connectivity index (χ4n) is 2.22. The van der Waals surface area contributed by atoms with E-state index < -0.39 is 10.8 Å². The molecule has 1 amide bonds. The number of nitrogens with one attached hydrogen (secondary N) is 2. The number of nitrogens with zero attached hydrogens (tertiary/aromatic N) is 2. The molecule has 0 aliphatic heterocycles. The van der Waals surface area contributed by atoms with Crippen molar-refractivity contribution >= 4 is 29.0 Å². The second-order valence-corrected chi connectivity index (χ2v) is 5.22. The molecular formula is C18H16N4O3. The minimum atomic E-state index is -0.572. The molecule has 25 heavy (non-hydrogen) atoms. The van der Waals surface area contributed by atoms with E-state index in [4.69, 9.17) is 0 Å². The molecule has 0 atom stereocenters. The van der Waals surface area contributed by atoms with Crippen LogP contribution in [0.25, 0.3) is 6.08 Å². The molecule has 7 nitrogen and oxygen atoms in total. The van der Waals surface area contributed by atoms with Gasteiger partial charge in [-0.15, -0.1) is 0 Å². The molecule has 2 rings (SSSR count). The van der Waals surface area contributed by atoms with Crippen molar-refractivity contribution < 1.29 is 9.72 Å². The number of para-hydroxylation sites is 1. The maximum Gasteiger partial charge on any atom is 0.292 e. The smallest absolute Gasteiger partial charge is 0.292 e. The van der Waals surface area contributed by atoms with Crippen molar-refractivity contribution in [3.8, 4) is 6.07 Å². The highest BCUT2D eigenvalue weighted by atomic mass is 16.6. The van der Waals surface area contributed by atoms with Gasteiger partial charge in [0.2, 0.25) is 0 Å². The first-order chi connectivity index (χ1) is 12.0. The monoisotopic (exact) mass is 336 g/mol. The molecule has 0 heterocycles. The largest absolute Gasteiger partial charge is 0.383 e. The number of aryl methyl sites for hydroxylation is 1. The lowest BCUT2D eigenvalue weighted by molar-refractivity contribution is -0.384. The number of nitro groups is 1. The fourth-order valence-corrected chi connectivity index (χ4v) is 2.22. The average Bonchev–Trinajstić information content (AvgIpc) is 2.61. The van der Waals surface area contributed by atoms with Crippen LogP contribution in [0.2, 0.25) is 0 Å². The van der Waals surface area contributed by atoms with E-state index in [2.05, 4.69) is 10.6 Å². The topological polar surface area (TPSA) is 108 Å². The van der Waals surface area contributed by atoms with Crippen molar-refractivity contribution in [2.75, 3.05) is 17.7 Å². The Bertz CT molecular complexity index is 897. The lowest BCUT2D eigenvalue weighted by atomic mass is 10.1. The molecule has 0 aliphatic carbocycles. The predicted molar refractivity (Wildman–Crippen MR) is 96.0 cm³/mol. The lowest BCUT2D eigenvalue weighted by Crippen LogP contribution is -2.14. The normalized spacial score (nSPS) is 10.7. The highest BCUT2D eigenvalue weighted by Crippen LogP contribution is 2.26. The van der Waals surface area contributed by atoms with Crippen molar-refractivity contribution in [2.45, 2.75) is 6.92 Å². The lowest BCUT2D eigenvalue weighted by Gasteiger charge is -2.07. The van der Waals surface area contributed by atoms with E-state index in [1.54, 1.807) is 25.2 Å². The van der Waals surface area contributed by atoms with Crippen LogP contribution < -0.4 is 10.6 Å². The first-order valence-corrected chi connectivity index (χ1v) is 7.41. The molecule has 2 aromatic carbocycles. The molecular weight excluding hydrogens is 320 g/mol. The summed E-state index contributed by atoms with van der Waals surface area (Å²) < 4.78 is 0.